The Bertz CT molecular complexity index is 420. The summed E-state index contributed by atoms with van der Waals surface area (Å²) in [7, 11) is 0. The highest BCUT2D eigenvalue weighted by atomic mass is 15.2. The van der Waals surface area contributed by atoms with Gasteiger partial charge in [0.1, 0.15) is 0 Å². The second-order valence-corrected chi connectivity index (χ2v) is 6.67. The van der Waals surface area contributed by atoms with Crippen LogP contribution in [0.15, 0.2) is 30.3 Å². The van der Waals surface area contributed by atoms with Gasteiger partial charge < -0.3 is 5.73 Å². The largest absolute Gasteiger partial charge is 0.326 e. The molecule has 2 atom stereocenters. The van der Waals surface area contributed by atoms with E-state index in [0.29, 0.717) is 12.1 Å². The van der Waals surface area contributed by atoms with Crippen molar-refractivity contribution in [3.8, 4) is 0 Å². The molecule has 0 amide bonds. The molecule has 2 aliphatic rings. The van der Waals surface area contributed by atoms with E-state index < -0.39 is 0 Å². The summed E-state index contributed by atoms with van der Waals surface area (Å²) in [4.78, 5) is 5.28. The molecule has 1 saturated carbocycles. The van der Waals surface area contributed by atoms with Crippen molar-refractivity contribution in [1.29, 1.82) is 0 Å². The smallest absolute Gasteiger partial charge is 0.0247 e. The maximum Gasteiger partial charge on any atom is 0.0247 e. The lowest BCUT2D eigenvalue weighted by molar-refractivity contribution is 0.140. The first-order valence-electron chi connectivity index (χ1n) is 8.59. The van der Waals surface area contributed by atoms with Crippen LogP contribution in [0.25, 0.3) is 0 Å². The molecule has 0 radical (unpaired) electrons. The molecule has 3 rings (SSSR count). The summed E-state index contributed by atoms with van der Waals surface area (Å²) < 4.78 is 0. The first-order valence-corrected chi connectivity index (χ1v) is 8.59. The van der Waals surface area contributed by atoms with Gasteiger partial charge in [-0.25, -0.2) is 0 Å². The van der Waals surface area contributed by atoms with Gasteiger partial charge in [0.2, 0.25) is 0 Å². The number of hydrogen-bond acceptors (Lipinski definition) is 3. The molecule has 116 valence electrons. The van der Waals surface area contributed by atoms with Crippen LogP contribution < -0.4 is 5.73 Å². The molecule has 3 nitrogen and oxygen atoms in total. The van der Waals surface area contributed by atoms with Crippen molar-refractivity contribution in [2.24, 2.45) is 5.73 Å². The molecule has 2 unspecified atom stereocenters. The zero-order valence-corrected chi connectivity index (χ0v) is 13.1. The standard InChI is InChI=1S/C18H29N3/c19-17-9-4-5-10-18(17)21-12-6-11-20(13-14-21)15-16-7-2-1-3-8-16/h1-3,7-8,17-18H,4-6,9-15,19H2. The lowest BCUT2D eigenvalue weighted by Crippen LogP contribution is -2.50. The summed E-state index contributed by atoms with van der Waals surface area (Å²) in [6.07, 6.45) is 6.49. The average Bonchev–Trinajstić information content (AvgIpc) is 2.74. The van der Waals surface area contributed by atoms with Crippen molar-refractivity contribution in [2.75, 3.05) is 26.2 Å². The van der Waals surface area contributed by atoms with E-state index in [1.54, 1.807) is 0 Å². The molecular weight excluding hydrogens is 258 g/mol. The van der Waals surface area contributed by atoms with Gasteiger partial charge in [0.15, 0.2) is 0 Å². The molecule has 0 spiro atoms. The quantitative estimate of drug-likeness (QED) is 0.927. The predicted molar refractivity (Wildman–Crippen MR) is 88.1 cm³/mol. The van der Waals surface area contributed by atoms with Crippen LogP contribution in [-0.2, 0) is 6.54 Å². The minimum atomic E-state index is 0.402. The minimum absolute atomic E-state index is 0.402. The second-order valence-electron chi connectivity index (χ2n) is 6.67. The van der Waals surface area contributed by atoms with Crippen LogP contribution in [-0.4, -0.2) is 48.1 Å². The maximum absolute atomic E-state index is 6.36. The van der Waals surface area contributed by atoms with Crippen molar-refractivity contribution >= 4 is 0 Å². The summed E-state index contributed by atoms with van der Waals surface area (Å²) in [5, 5.41) is 0. The fourth-order valence-electron chi connectivity index (χ4n) is 3.92. The molecule has 1 saturated heterocycles. The summed E-state index contributed by atoms with van der Waals surface area (Å²) >= 11 is 0. The number of nitrogens with zero attached hydrogens (tertiary/aromatic N) is 2. The molecule has 3 heteroatoms. The van der Waals surface area contributed by atoms with Crippen LogP contribution in [0.4, 0.5) is 0 Å². The number of hydrogen-bond donors (Lipinski definition) is 1. The average molecular weight is 287 g/mol. The van der Waals surface area contributed by atoms with Gasteiger partial charge >= 0.3 is 0 Å². The molecule has 1 aromatic rings. The van der Waals surface area contributed by atoms with Crippen molar-refractivity contribution in [1.82, 2.24) is 9.80 Å². The first kappa shape index (κ1) is 15.0. The van der Waals surface area contributed by atoms with Gasteiger partial charge in [-0.15, -0.1) is 0 Å². The molecule has 1 aliphatic heterocycles. The summed E-state index contributed by atoms with van der Waals surface area (Å²) in [5.74, 6) is 0. The number of benzene rings is 1. The van der Waals surface area contributed by atoms with Crippen molar-refractivity contribution in [3.63, 3.8) is 0 Å². The van der Waals surface area contributed by atoms with Crippen LogP contribution in [0, 0.1) is 0 Å². The molecule has 2 N–H and O–H groups in total. The highest BCUT2D eigenvalue weighted by Crippen LogP contribution is 2.23. The van der Waals surface area contributed by atoms with Gasteiger partial charge in [0, 0.05) is 31.7 Å². The summed E-state index contributed by atoms with van der Waals surface area (Å²) in [6, 6.07) is 11.9. The molecule has 0 aromatic heterocycles. The minimum Gasteiger partial charge on any atom is -0.326 e. The van der Waals surface area contributed by atoms with Crippen LogP contribution in [0.2, 0.25) is 0 Å². The second kappa shape index (κ2) is 7.39. The molecule has 1 aliphatic carbocycles. The van der Waals surface area contributed by atoms with E-state index in [1.807, 2.05) is 0 Å². The van der Waals surface area contributed by atoms with Crippen LogP contribution in [0.5, 0.6) is 0 Å². The van der Waals surface area contributed by atoms with E-state index in [2.05, 4.69) is 40.1 Å². The van der Waals surface area contributed by atoms with E-state index in [0.717, 1.165) is 6.54 Å². The number of rotatable bonds is 3. The van der Waals surface area contributed by atoms with Crippen molar-refractivity contribution < 1.29 is 0 Å². The third kappa shape index (κ3) is 4.06. The highest BCUT2D eigenvalue weighted by molar-refractivity contribution is 5.14. The van der Waals surface area contributed by atoms with Gasteiger partial charge in [0.25, 0.3) is 0 Å². The molecule has 2 fully saturated rings. The molecule has 1 aromatic carbocycles. The Balaban J connectivity index is 1.54. The Hall–Kier alpha value is -0.900. The summed E-state index contributed by atoms with van der Waals surface area (Å²) in [5.41, 5.74) is 7.79. The van der Waals surface area contributed by atoms with Gasteiger partial charge in [0.05, 0.1) is 0 Å². The number of nitrogens with two attached hydrogens (primary N) is 1. The van der Waals surface area contributed by atoms with Crippen molar-refractivity contribution in [3.05, 3.63) is 35.9 Å². The van der Waals surface area contributed by atoms with E-state index in [4.69, 9.17) is 5.73 Å². The molecule has 0 bridgehead atoms. The third-order valence-electron chi connectivity index (χ3n) is 5.12. The van der Waals surface area contributed by atoms with Crippen LogP contribution >= 0.6 is 0 Å². The molecule has 21 heavy (non-hydrogen) atoms. The third-order valence-corrected chi connectivity index (χ3v) is 5.12. The zero-order chi connectivity index (χ0) is 14.5. The Morgan fingerprint density at radius 1 is 0.905 bits per heavy atom. The van der Waals surface area contributed by atoms with Gasteiger partial charge in [-0.1, -0.05) is 43.2 Å². The van der Waals surface area contributed by atoms with E-state index in [9.17, 15) is 0 Å². The normalized spacial score (nSPS) is 29.2. The summed E-state index contributed by atoms with van der Waals surface area (Å²) in [6.45, 7) is 5.89. The van der Waals surface area contributed by atoms with Crippen molar-refractivity contribution in [2.45, 2.75) is 50.7 Å². The topological polar surface area (TPSA) is 32.5 Å². The van der Waals surface area contributed by atoms with Gasteiger partial charge in [-0.05, 0) is 37.9 Å². The molecule has 1 heterocycles. The Kier molecular flexibility index (Phi) is 5.28. The van der Waals surface area contributed by atoms with Crippen LogP contribution in [0.3, 0.4) is 0 Å². The molecular formula is C18H29N3. The van der Waals surface area contributed by atoms with Gasteiger partial charge in [-0.2, -0.15) is 0 Å². The highest BCUT2D eigenvalue weighted by Gasteiger charge is 2.28. The van der Waals surface area contributed by atoms with Crippen LogP contribution in [0.1, 0.15) is 37.7 Å². The Labute approximate surface area is 129 Å². The van der Waals surface area contributed by atoms with E-state index in [-0.39, 0.29) is 0 Å². The van der Waals surface area contributed by atoms with E-state index in [1.165, 1.54) is 63.8 Å². The Morgan fingerprint density at radius 3 is 2.52 bits per heavy atom. The first-order chi connectivity index (χ1) is 10.3. The maximum atomic E-state index is 6.36. The lowest BCUT2D eigenvalue weighted by atomic mass is 9.89. The fourth-order valence-corrected chi connectivity index (χ4v) is 3.92. The lowest BCUT2D eigenvalue weighted by Gasteiger charge is -2.37. The van der Waals surface area contributed by atoms with Gasteiger partial charge in [-0.3, -0.25) is 9.80 Å². The fraction of sp³-hybridized carbons (Fsp3) is 0.667. The van der Waals surface area contributed by atoms with E-state index >= 15 is 0 Å². The Morgan fingerprint density at radius 2 is 1.71 bits per heavy atom. The zero-order valence-electron chi connectivity index (χ0n) is 13.1. The SMILES string of the molecule is NC1CCCCC1N1CCCN(Cc2ccccc2)CC1. The predicted octanol–water partition coefficient (Wildman–Crippen LogP) is 2.46. The monoisotopic (exact) mass is 287 g/mol.